The van der Waals surface area contributed by atoms with E-state index in [0.29, 0.717) is 16.8 Å². The Hall–Kier alpha value is -2.30. The van der Waals surface area contributed by atoms with Crippen LogP contribution in [0.3, 0.4) is 0 Å². The fraction of sp³-hybridized carbons (Fsp3) is 0.286. The number of carbonyl (C=O) groups is 1. The molecule has 0 unspecified atom stereocenters. The number of aromatic carboxylic acids is 1. The van der Waals surface area contributed by atoms with E-state index in [1.54, 1.807) is 6.07 Å². The molecule has 1 heterocycles. The summed E-state index contributed by atoms with van der Waals surface area (Å²) in [6.45, 7) is 0. The van der Waals surface area contributed by atoms with E-state index < -0.39 is 22.8 Å². The minimum Gasteiger partial charge on any atom is -0.506 e. The number of hydrogen-bond acceptors (Lipinski definition) is 3. The van der Waals surface area contributed by atoms with E-state index in [2.05, 4.69) is 4.98 Å². The van der Waals surface area contributed by atoms with E-state index in [-0.39, 0.29) is 0 Å². The van der Waals surface area contributed by atoms with Crippen LogP contribution < -0.4 is 5.56 Å². The number of aromatic nitrogens is 1. The third kappa shape index (κ3) is 1.78. The standard InChI is InChI=1S/C14H13NO4/c16-12-9-5-4-8(7-2-1-3-7)6-10(9)15-13(17)11(12)14(18)19/h4-7H,1-3H2,(H,18,19)(H2,15,16,17). The zero-order chi connectivity index (χ0) is 13.6. The number of H-pyrrole nitrogens is 1. The molecule has 1 saturated carbocycles. The number of carboxylic acids is 1. The van der Waals surface area contributed by atoms with Gasteiger partial charge in [-0.3, -0.25) is 4.79 Å². The van der Waals surface area contributed by atoms with Crippen molar-refractivity contribution in [1.82, 2.24) is 4.98 Å². The maximum absolute atomic E-state index is 11.7. The van der Waals surface area contributed by atoms with E-state index >= 15 is 0 Å². The molecule has 19 heavy (non-hydrogen) atoms. The van der Waals surface area contributed by atoms with Gasteiger partial charge in [-0.2, -0.15) is 0 Å². The summed E-state index contributed by atoms with van der Waals surface area (Å²) < 4.78 is 0. The van der Waals surface area contributed by atoms with Gasteiger partial charge in [0.05, 0.1) is 5.52 Å². The number of aromatic hydroxyl groups is 1. The molecule has 0 saturated heterocycles. The first-order chi connectivity index (χ1) is 9.08. The predicted octanol–water partition coefficient (Wildman–Crippen LogP) is 2.20. The number of nitrogens with one attached hydrogen (secondary N) is 1. The van der Waals surface area contributed by atoms with Crippen LogP contribution >= 0.6 is 0 Å². The number of benzene rings is 1. The van der Waals surface area contributed by atoms with Crippen LogP contribution in [-0.2, 0) is 0 Å². The van der Waals surface area contributed by atoms with Crippen LogP contribution in [0.5, 0.6) is 5.75 Å². The van der Waals surface area contributed by atoms with Crippen LogP contribution in [0.2, 0.25) is 0 Å². The second kappa shape index (κ2) is 4.12. The molecule has 0 aliphatic heterocycles. The van der Waals surface area contributed by atoms with Crippen LogP contribution in [0.25, 0.3) is 10.9 Å². The number of hydrogen-bond donors (Lipinski definition) is 3. The molecule has 3 N–H and O–H groups in total. The number of pyridine rings is 1. The van der Waals surface area contributed by atoms with Crippen molar-refractivity contribution in [2.45, 2.75) is 25.2 Å². The van der Waals surface area contributed by atoms with Gasteiger partial charge in [0.25, 0.3) is 5.56 Å². The Morgan fingerprint density at radius 3 is 2.63 bits per heavy atom. The van der Waals surface area contributed by atoms with Crippen molar-refractivity contribution in [2.24, 2.45) is 0 Å². The van der Waals surface area contributed by atoms with Crippen molar-refractivity contribution in [1.29, 1.82) is 0 Å². The Balaban J connectivity index is 2.23. The molecule has 3 rings (SSSR count). The predicted molar refractivity (Wildman–Crippen MR) is 69.8 cm³/mol. The van der Waals surface area contributed by atoms with E-state index in [1.165, 1.54) is 6.42 Å². The maximum Gasteiger partial charge on any atom is 0.345 e. The molecule has 1 aromatic carbocycles. The Kier molecular flexibility index (Phi) is 2.55. The molecule has 5 nitrogen and oxygen atoms in total. The monoisotopic (exact) mass is 259 g/mol. The van der Waals surface area contributed by atoms with Gasteiger partial charge >= 0.3 is 5.97 Å². The number of carboxylic acid groups (broad SMARTS) is 1. The summed E-state index contributed by atoms with van der Waals surface area (Å²) in [5, 5.41) is 19.2. The highest BCUT2D eigenvalue weighted by Gasteiger charge is 2.22. The normalized spacial score (nSPS) is 15.4. The highest BCUT2D eigenvalue weighted by atomic mass is 16.4. The lowest BCUT2D eigenvalue weighted by atomic mass is 9.80. The molecule has 98 valence electrons. The van der Waals surface area contributed by atoms with Crippen molar-refractivity contribution in [3.05, 3.63) is 39.7 Å². The van der Waals surface area contributed by atoms with Crippen molar-refractivity contribution < 1.29 is 15.0 Å². The van der Waals surface area contributed by atoms with E-state index in [9.17, 15) is 14.7 Å². The molecule has 5 heteroatoms. The fourth-order valence-electron chi connectivity index (χ4n) is 2.49. The molecule has 0 spiro atoms. The van der Waals surface area contributed by atoms with Gasteiger partial charge in [-0.15, -0.1) is 0 Å². The lowest BCUT2D eigenvalue weighted by Gasteiger charge is -2.26. The molecular weight excluding hydrogens is 246 g/mol. The van der Waals surface area contributed by atoms with Crippen LogP contribution in [-0.4, -0.2) is 21.2 Å². The molecule has 1 fully saturated rings. The Bertz CT molecular complexity index is 728. The average Bonchev–Trinajstić information content (AvgIpc) is 2.25. The minimum absolute atomic E-state index is 0.361. The average molecular weight is 259 g/mol. The molecule has 1 aliphatic rings. The molecule has 2 aromatic rings. The van der Waals surface area contributed by atoms with Crippen molar-refractivity contribution in [3.63, 3.8) is 0 Å². The first-order valence-corrected chi connectivity index (χ1v) is 6.20. The summed E-state index contributed by atoms with van der Waals surface area (Å²) in [5.41, 5.74) is 0.223. The Morgan fingerprint density at radius 2 is 2.05 bits per heavy atom. The summed E-state index contributed by atoms with van der Waals surface area (Å²) in [6.07, 6.45) is 3.48. The highest BCUT2D eigenvalue weighted by molar-refractivity contribution is 5.98. The topological polar surface area (TPSA) is 90.4 Å². The van der Waals surface area contributed by atoms with E-state index in [4.69, 9.17) is 5.11 Å². The smallest absolute Gasteiger partial charge is 0.345 e. The van der Waals surface area contributed by atoms with Crippen molar-refractivity contribution >= 4 is 16.9 Å². The lowest BCUT2D eigenvalue weighted by Crippen LogP contribution is -2.18. The molecule has 0 atom stereocenters. The van der Waals surface area contributed by atoms with Crippen LogP contribution in [0.15, 0.2) is 23.0 Å². The van der Waals surface area contributed by atoms with Crippen molar-refractivity contribution in [3.8, 4) is 5.75 Å². The van der Waals surface area contributed by atoms with E-state index in [0.717, 1.165) is 18.4 Å². The fourth-order valence-corrected chi connectivity index (χ4v) is 2.49. The summed E-state index contributed by atoms with van der Waals surface area (Å²) in [7, 11) is 0. The first kappa shape index (κ1) is 11.8. The highest BCUT2D eigenvalue weighted by Crippen LogP contribution is 2.38. The maximum atomic E-state index is 11.7. The van der Waals surface area contributed by atoms with Gasteiger partial charge in [0, 0.05) is 5.39 Å². The van der Waals surface area contributed by atoms with Gasteiger partial charge < -0.3 is 15.2 Å². The van der Waals surface area contributed by atoms with Crippen LogP contribution in [0.1, 0.15) is 41.1 Å². The SMILES string of the molecule is O=C(O)c1c(O)c2ccc(C3CCC3)cc2[nH]c1=O. The quantitative estimate of drug-likeness (QED) is 0.771. The van der Waals surface area contributed by atoms with E-state index in [1.807, 2.05) is 12.1 Å². The summed E-state index contributed by atoms with van der Waals surface area (Å²) >= 11 is 0. The molecular formula is C14H13NO4. The first-order valence-electron chi connectivity index (χ1n) is 6.20. The zero-order valence-electron chi connectivity index (χ0n) is 10.1. The van der Waals surface area contributed by atoms with Gasteiger partial charge in [-0.25, -0.2) is 4.79 Å². The van der Waals surface area contributed by atoms with Gasteiger partial charge in [0.15, 0.2) is 5.56 Å². The molecule has 1 aliphatic carbocycles. The second-order valence-corrected chi connectivity index (χ2v) is 4.92. The van der Waals surface area contributed by atoms with Crippen molar-refractivity contribution in [2.75, 3.05) is 0 Å². The number of fused-ring (bicyclic) bond motifs is 1. The molecule has 0 amide bonds. The van der Waals surface area contributed by atoms with Crippen LogP contribution in [0, 0.1) is 0 Å². The summed E-state index contributed by atoms with van der Waals surface area (Å²) in [6, 6.07) is 5.38. The largest absolute Gasteiger partial charge is 0.506 e. The molecule has 0 radical (unpaired) electrons. The Morgan fingerprint density at radius 1 is 1.32 bits per heavy atom. The third-order valence-electron chi connectivity index (χ3n) is 3.80. The second-order valence-electron chi connectivity index (χ2n) is 4.92. The minimum atomic E-state index is -1.43. The summed E-state index contributed by atoms with van der Waals surface area (Å²) in [5.74, 6) is -1.38. The van der Waals surface area contributed by atoms with Gasteiger partial charge in [0.2, 0.25) is 0 Å². The molecule has 0 bridgehead atoms. The Labute approximate surface area is 108 Å². The number of aromatic amines is 1. The number of rotatable bonds is 2. The summed E-state index contributed by atoms with van der Waals surface area (Å²) in [4.78, 5) is 25.1. The van der Waals surface area contributed by atoms with Crippen LogP contribution in [0.4, 0.5) is 0 Å². The third-order valence-corrected chi connectivity index (χ3v) is 3.80. The molecule has 1 aromatic heterocycles. The lowest BCUT2D eigenvalue weighted by molar-refractivity contribution is 0.0692. The van der Waals surface area contributed by atoms with Gasteiger partial charge in [0.1, 0.15) is 5.75 Å². The van der Waals surface area contributed by atoms with Gasteiger partial charge in [-0.1, -0.05) is 12.5 Å². The zero-order valence-corrected chi connectivity index (χ0v) is 10.1. The van der Waals surface area contributed by atoms with Gasteiger partial charge in [-0.05, 0) is 36.5 Å².